The van der Waals surface area contributed by atoms with Crippen LogP contribution in [0.3, 0.4) is 0 Å². The summed E-state index contributed by atoms with van der Waals surface area (Å²) in [6, 6.07) is 11.2. The van der Waals surface area contributed by atoms with Crippen LogP contribution in [0.1, 0.15) is 5.69 Å². The molecule has 0 saturated carbocycles. The van der Waals surface area contributed by atoms with Crippen LogP contribution in [0.4, 0.5) is 5.69 Å². The molecule has 4 nitrogen and oxygen atoms in total. The molecule has 0 bridgehead atoms. The topological polar surface area (TPSA) is 56.2 Å². The fraction of sp³-hybridized carbons (Fsp3) is 0.0769. The van der Waals surface area contributed by atoms with Gasteiger partial charge in [-0.2, -0.15) is 0 Å². The maximum atomic E-state index is 5.92. The lowest BCUT2D eigenvalue weighted by atomic mass is 10.2. The summed E-state index contributed by atoms with van der Waals surface area (Å²) in [7, 11) is 0. The van der Waals surface area contributed by atoms with E-state index in [0.29, 0.717) is 5.02 Å². The minimum absolute atomic E-state index is 0.698. The molecule has 3 aromatic rings. The van der Waals surface area contributed by atoms with Crippen molar-refractivity contribution in [3.05, 3.63) is 47.1 Å². The standard InChI is InChI=1S/C13H11ClN4/c1-8-11(15)6-7-12-16-17-13(18(8)12)9-2-4-10(14)5-3-9/h2-7H,15H2,1H3. The average Bonchev–Trinajstić information content (AvgIpc) is 2.79. The molecule has 0 aliphatic heterocycles. The Morgan fingerprint density at radius 1 is 1.06 bits per heavy atom. The SMILES string of the molecule is Cc1c(N)ccc2nnc(-c3ccc(Cl)cc3)n12. The van der Waals surface area contributed by atoms with E-state index in [-0.39, 0.29) is 0 Å². The first kappa shape index (κ1) is 11.0. The number of halogens is 1. The molecule has 5 heteroatoms. The van der Waals surface area contributed by atoms with E-state index in [9.17, 15) is 0 Å². The summed E-state index contributed by atoms with van der Waals surface area (Å²) >= 11 is 5.88. The zero-order chi connectivity index (χ0) is 12.7. The minimum atomic E-state index is 0.698. The Labute approximate surface area is 109 Å². The van der Waals surface area contributed by atoms with Gasteiger partial charge < -0.3 is 5.73 Å². The van der Waals surface area contributed by atoms with Crippen LogP contribution in [-0.4, -0.2) is 14.6 Å². The summed E-state index contributed by atoms with van der Waals surface area (Å²) in [5.74, 6) is 0.770. The Kier molecular flexibility index (Phi) is 2.45. The molecule has 0 fully saturated rings. The number of rotatable bonds is 1. The number of hydrogen-bond donors (Lipinski definition) is 1. The molecular weight excluding hydrogens is 248 g/mol. The highest BCUT2D eigenvalue weighted by atomic mass is 35.5. The zero-order valence-electron chi connectivity index (χ0n) is 9.76. The van der Waals surface area contributed by atoms with E-state index in [4.69, 9.17) is 17.3 Å². The summed E-state index contributed by atoms with van der Waals surface area (Å²) < 4.78 is 1.94. The smallest absolute Gasteiger partial charge is 0.168 e. The average molecular weight is 259 g/mol. The van der Waals surface area contributed by atoms with Crippen LogP contribution in [0.2, 0.25) is 5.02 Å². The first-order valence-electron chi connectivity index (χ1n) is 5.53. The van der Waals surface area contributed by atoms with Crippen molar-refractivity contribution in [3.8, 4) is 11.4 Å². The highest BCUT2D eigenvalue weighted by Crippen LogP contribution is 2.23. The molecule has 1 aromatic carbocycles. The molecule has 0 atom stereocenters. The van der Waals surface area contributed by atoms with Crippen molar-refractivity contribution in [2.24, 2.45) is 0 Å². The predicted molar refractivity (Wildman–Crippen MR) is 72.6 cm³/mol. The summed E-state index contributed by atoms with van der Waals surface area (Å²) in [6.07, 6.45) is 0. The molecule has 2 heterocycles. The second-order valence-electron chi connectivity index (χ2n) is 4.10. The van der Waals surface area contributed by atoms with E-state index < -0.39 is 0 Å². The molecule has 18 heavy (non-hydrogen) atoms. The number of aromatic nitrogens is 3. The summed E-state index contributed by atoms with van der Waals surface area (Å²) in [5.41, 5.74) is 9.31. The molecular formula is C13H11ClN4. The first-order valence-corrected chi connectivity index (χ1v) is 5.91. The lowest BCUT2D eigenvalue weighted by Gasteiger charge is -2.06. The molecule has 3 rings (SSSR count). The van der Waals surface area contributed by atoms with Gasteiger partial charge >= 0.3 is 0 Å². The number of anilines is 1. The van der Waals surface area contributed by atoms with Crippen molar-refractivity contribution in [1.82, 2.24) is 14.6 Å². The molecule has 0 aliphatic rings. The fourth-order valence-electron chi connectivity index (χ4n) is 1.93. The van der Waals surface area contributed by atoms with E-state index in [1.165, 1.54) is 0 Å². The molecule has 0 spiro atoms. The zero-order valence-corrected chi connectivity index (χ0v) is 10.5. The molecule has 0 saturated heterocycles. The Morgan fingerprint density at radius 2 is 1.78 bits per heavy atom. The number of pyridine rings is 1. The van der Waals surface area contributed by atoms with Crippen molar-refractivity contribution in [1.29, 1.82) is 0 Å². The third-order valence-corrected chi connectivity index (χ3v) is 3.21. The summed E-state index contributed by atoms with van der Waals surface area (Å²) in [6.45, 7) is 1.95. The molecule has 0 radical (unpaired) electrons. The number of nitrogens with zero attached hydrogens (tertiary/aromatic N) is 3. The van der Waals surface area contributed by atoms with Crippen LogP contribution in [0.25, 0.3) is 17.0 Å². The molecule has 2 aromatic heterocycles. The van der Waals surface area contributed by atoms with Crippen molar-refractivity contribution < 1.29 is 0 Å². The van der Waals surface area contributed by atoms with Gasteiger partial charge in [0.15, 0.2) is 11.5 Å². The Morgan fingerprint density at radius 3 is 2.50 bits per heavy atom. The van der Waals surface area contributed by atoms with Gasteiger partial charge in [0.1, 0.15) is 0 Å². The lowest BCUT2D eigenvalue weighted by molar-refractivity contribution is 1.08. The van der Waals surface area contributed by atoms with Gasteiger partial charge in [0.05, 0.1) is 5.69 Å². The van der Waals surface area contributed by atoms with Gasteiger partial charge in [0, 0.05) is 16.3 Å². The Hall–Kier alpha value is -2.07. The van der Waals surface area contributed by atoms with Gasteiger partial charge in [0.25, 0.3) is 0 Å². The van der Waals surface area contributed by atoms with Gasteiger partial charge in [-0.25, -0.2) is 0 Å². The number of aryl methyl sites for hydroxylation is 1. The molecule has 2 N–H and O–H groups in total. The number of nitrogen functional groups attached to an aromatic ring is 1. The number of nitrogens with two attached hydrogens (primary N) is 1. The van der Waals surface area contributed by atoms with Gasteiger partial charge in [-0.3, -0.25) is 4.40 Å². The van der Waals surface area contributed by atoms with Gasteiger partial charge in [-0.15, -0.1) is 10.2 Å². The maximum absolute atomic E-state index is 5.92. The van der Waals surface area contributed by atoms with Crippen LogP contribution in [-0.2, 0) is 0 Å². The predicted octanol–water partition coefficient (Wildman–Crippen LogP) is 2.94. The second-order valence-corrected chi connectivity index (χ2v) is 4.53. The van der Waals surface area contributed by atoms with Crippen molar-refractivity contribution in [2.45, 2.75) is 6.92 Å². The van der Waals surface area contributed by atoms with Crippen LogP contribution in [0.5, 0.6) is 0 Å². The third-order valence-electron chi connectivity index (χ3n) is 2.96. The van der Waals surface area contributed by atoms with Crippen molar-refractivity contribution in [3.63, 3.8) is 0 Å². The third kappa shape index (κ3) is 1.62. The van der Waals surface area contributed by atoms with E-state index in [2.05, 4.69) is 10.2 Å². The van der Waals surface area contributed by atoms with Crippen LogP contribution >= 0.6 is 11.6 Å². The Bertz CT molecular complexity index is 716. The highest BCUT2D eigenvalue weighted by molar-refractivity contribution is 6.30. The van der Waals surface area contributed by atoms with E-state index >= 15 is 0 Å². The van der Waals surface area contributed by atoms with Gasteiger partial charge in [0.2, 0.25) is 0 Å². The molecule has 0 unspecified atom stereocenters. The highest BCUT2D eigenvalue weighted by Gasteiger charge is 2.11. The maximum Gasteiger partial charge on any atom is 0.168 e. The quantitative estimate of drug-likeness (QED) is 0.730. The Balaban J connectivity index is 2.29. The first-order chi connectivity index (χ1) is 8.66. The van der Waals surface area contributed by atoms with Crippen molar-refractivity contribution in [2.75, 3.05) is 5.73 Å². The minimum Gasteiger partial charge on any atom is -0.397 e. The van der Waals surface area contributed by atoms with Crippen molar-refractivity contribution >= 4 is 22.9 Å². The summed E-state index contributed by atoms with van der Waals surface area (Å²) in [5, 5.41) is 9.05. The molecule has 90 valence electrons. The molecule has 0 amide bonds. The van der Waals surface area contributed by atoms with E-state index in [0.717, 1.165) is 28.4 Å². The van der Waals surface area contributed by atoms with Crippen LogP contribution in [0, 0.1) is 6.92 Å². The number of fused-ring (bicyclic) bond motifs is 1. The van der Waals surface area contributed by atoms with Crippen LogP contribution < -0.4 is 5.73 Å². The second kappa shape index (κ2) is 3.99. The van der Waals surface area contributed by atoms with E-state index in [1.54, 1.807) is 0 Å². The largest absolute Gasteiger partial charge is 0.397 e. The monoisotopic (exact) mass is 258 g/mol. The van der Waals surface area contributed by atoms with E-state index in [1.807, 2.05) is 47.7 Å². The van der Waals surface area contributed by atoms with Gasteiger partial charge in [-0.1, -0.05) is 11.6 Å². The van der Waals surface area contributed by atoms with Crippen LogP contribution in [0.15, 0.2) is 36.4 Å². The fourth-order valence-corrected chi connectivity index (χ4v) is 2.06. The molecule has 0 aliphatic carbocycles. The number of hydrogen-bond acceptors (Lipinski definition) is 3. The lowest BCUT2D eigenvalue weighted by Crippen LogP contribution is -1.99. The normalized spacial score (nSPS) is 11.0. The van der Waals surface area contributed by atoms with Gasteiger partial charge in [-0.05, 0) is 43.3 Å². The number of benzene rings is 1. The summed E-state index contributed by atoms with van der Waals surface area (Å²) in [4.78, 5) is 0.